The van der Waals surface area contributed by atoms with Crippen LogP contribution < -0.4 is 0 Å². The summed E-state index contributed by atoms with van der Waals surface area (Å²) in [6, 6.07) is 0. The summed E-state index contributed by atoms with van der Waals surface area (Å²) in [5, 5.41) is 0. The minimum Gasteiger partial charge on any atom is -0.444 e. The van der Waals surface area contributed by atoms with Gasteiger partial charge in [0.25, 0.3) is 8.05 Å². The molecule has 0 aliphatic rings. The summed E-state index contributed by atoms with van der Waals surface area (Å²) in [5.41, 5.74) is 0. The highest BCUT2D eigenvalue weighted by Crippen LogP contribution is 2.08. The first-order valence-electron chi connectivity index (χ1n) is 2.54. The van der Waals surface area contributed by atoms with Crippen LogP contribution in [0.15, 0.2) is 0 Å². The van der Waals surface area contributed by atoms with Gasteiger partial charge in [-0.2, -0.15) is 0 Å². The monoisotopic (exact) mass is 154 g/mol. The van der Waals surface area contributed by atoms with Crippen LogP contribution in [0.2, 0.25) is 0 Å². The average Bonchev–Trinajstić information content (AvgIpc) is 1.66. The van der Waals surface area contributed by atoms with Gasteiger partial charge in [-0.25, -0.2) is 0 Å². The van der Waals surface area contributed by atoms with Crippen LogP contribution in [0.1, 0.15) is 12.8 Å². The van der Waals surface area contributed by atoms with Crippen LogP contribution >= 0.6 is 23.2 Å². The van der Waals surface area contributed by atoms with Gasteiger partial charge in [0.2, 0.25) is 0 Å². The third-order valence-corrected chi connectivity index (χ3v) is 1.21. The van der Waals surface area contributed by atoms with Crippen molar-refractivity contribution in [2.24, 2.45) is 0 Å². The van der Waals surface area contributed by atoms with E-state index in [1.165, 1.54) is 0 Å². The van der Waals surface area contributed by atoms with Gasteiger partial charge in [0, 0.05) is 6.61 Å². The Bertz CT molecular complexity index is 51.3. The van der Waals surface area contributed by atoms with E-state index in [0.717, 1.165) is 19.4 Å². The lowest BCUT2D eigenvalue weighted by Crippen LogP contribution is -1.93. The van der Waals surface area contributed by atoms with E-state index >= 15 is 0 Å². The van der Waals surface area contributed by atoms with Crippen molar-refractivity contribution in [2.75, 3.05) is 6.61 Å². The second kappa shape index (κ2) is 5.74. The second-order valence-corrected chi connectivity index (χ2v) is 2.80. The molecule has 8 heavy (non-hydrogen) atoms. The molecule has 0 atom stereocenters. The lowest BCUT2D eigenvalue weighted by atomic mass is 10.3. The molecular weight excluding hydrogens is 146 g/mol. The zero-order valence-corrected chi connectivity index (χ0v) is 6.37. The Morgan fingerprint density at radius 3 is 2.50 bits per heavy atom. The Morgan fingerprint density at radius 2 is 2.12 bits per heavy atom. The zero-order chi connectivity index (χ0) is 6.41. The van der Waals surface area contributed by atoms with E-state index in [-0.39, 0.29) is 4.84 Å². The minimum atomic E-state index is -0.231. The molecule has 0 saturated carbocycles. The molecule has 0 rings (SSSR count). The summed E-state index contributed by atoms with van der Waals surface area (Å²) in [6.07, 6.45) is 1.76. The minimum absolute atomic E-state index is 0.231. The smallest absolute Gasteiger partial charge is 0.257 e. The van der Waals surface area contributed by atoms with Gasteiger partial charge in [0.15, 0.2) is 0 Å². The van der Waals surface area contributed by atoms with Gasteiger partial charge in [-0.05, 0) is 12.8 Å². The van der Waals surface area contributed by atoms with Crippen molar-refractivity contribution in [1.82, 2.24) is 0 Å². The first kappa shape index (κ1) is 8.60. The number of hydrogen-bond donors (Lipinski definition) is 0. The van der Waals surface area contributed by atoms with Crippen molar-refractivity contribution in [3.8, 4) is 0 Å². The van der Waals surface area contributed by atoms with Gasteiger partial charge in [-0.1, -0.05) is 0 Å². The summed E-state index contributed by atoms with van der Waals surface area (Å²) < 4.78 is 4.77. The van der Waals surface area contributed by atoms with E-state index in [0.29, 0.717) is 0 Å². The highest BCUT2D eigenvalue weighted by atomic mass is 35.5. The van der Waals surface area contributed by atoms with Crippen molar-refractivity contribution in [2.45, 2.75) is 17.7 Å². The molecule has 0 saturated heterocycles. The molecule has 0 bridgehead atoms. The third-order valence-electron chi connectivity index (χ3n) is 0.771. The largest absolute Gasteiger partial charge is 0.444 e. The van der Waals surface area contributed by atoms with E-state index in [9.17, 15) is 0 Å². The summed E-state index contributed by atoms with van der Waals surface area (Å²) in [5.74, 6) is 0. The standard InChI is InChI=1S/C4H9BCl2O/c5-8-3-1-2-4(6)7/h4H,1-3,5H2. The fourth-order valence-corrected chi connectivity index (χ4v) is 0.691. The molecule has 4 heteroatoms. The zero-order valence-electron chi connectivity index (χ0n) is 4.86. The summed E-state index contributed by atoms with van der Waals surface area (Å²) in [4.78, 5) is -0.231. The average molecular weight is 155 g/mol. The lowest BCUT2D eigenvalue weighted by Gasteiger charge is -1.98. The van der Waals surface area contributed by atoms with Crippen LogP contribution in [0.5, 0.6) is 0 Å². The Balaban J connectivity index is 2.72. The van der Waals surface area contributed by atoms with Crippen LogP contribution in [0.25, 0.3) is 0 Å². The summed E-state index contributed by atoms with van der Waals surface area (Å²) in [7, 11) is 1.66. The molecule has 0 aromatic carbocycles. The Labute approximate surface area is 60.7 Å². The maximum absolute atomic E-state index is 5.42. The molecule has 0 N–H and O–H groups in total. The van der Waals surface area contributed by atoms with Gasteiger partial charge in [-0.15, -0.1) is 23.2 Å². The SMILES string of the molecule is BOCCCC(Cl)Cl. The van der Waals surface area contributed by atoms with Crippen molar-refractivity contribution in [1.29, 1.82) is 0 Å². The molecule has 0 spiro atoms. The van der Waals surface area contributed by atoms with Crippen molar-refractivity contribution in [3.63, 3.8) is 0 Å². The summed E-state index contributed by atoms with van der Waals surface area (Å²) >= 11 is 10.8. The van der Waals surface area contributed by atoms with E-state index in [4.69, 9.17) is 27.9 Å². The quantitative estimate of drug-likeness (QED) is 0.335. The van der Waals surface area contributed by atoms with Crippen LogP contribution in [-0.4, -0.2) is 19.5 Å². The predicted octanol–water partition coefficient (Wildman–Crippen LogP) is 1.13. The molecule has 0 amide bonds. The fourth-order valence-electron chi connectivity index (χ4n) is 0.382. The third kappa shape index (κ3) is 6.60. The molecule has 0 radical (unpaired) electrons. The lowest BCUT2D eigenvalue weighted by molar-refractivity contribution is 0.338. The normalized spacial score (nSPS) is 10.4. The van der Waals surface area contributed by atoms with E-state index < -0.39 is 0 Å². The van der Waals surface area contributed by atoms with Gasteiger partial charge in [0.1, 0.15) is 4.84 Å². The van der Waals surface area contributed by atoms with Crippen molar-refractivity contribution >= 4 is 31.3 Å². The van der Waals surface area contributed by atoms with E-state index in [1.807, 2.05) is 0 Å². The topological polar surface area (TPSA) is 9.23 Å². The molecule has 0 unspecified atom stereocenters. The maximum Gasteiger partial charge on any atom is 0.257 e. The second-order valence-electron chi connectivity index (χ2n) is 1.53. The molecule has 48 valence electrons. The van der Waals surface area contributed by atoms with Gasteiger partial charge >= 0.3 is 0 Å². The predicted molar refractivity (Wildman–Crippen MR) is 39.2 cm³/mol. The summed E-state index contributed by atoms with van der Waals surface area (Å²) in [6.45, 7) is 0.746. The molecular formula is C4H9BCl2O. The highest BCUT2D eigenvalue weighted by molar-refractivity contribution is 6.44. The van der Waals surface area contributed by atoms with Gasteiger partial charge < -0.3 is 4.65 Å². The molecule has 0 aromatic heterocycles. The van der Waals surface area contributed by atoms with Crippen molar-refractivity contribution in [3.05, 3.63) is 0 Å². The fraction of sp³-hybridized carbons (Fsp3) is 1.00. The molecule has 0 aliphatic carbocycles. The number of alkyl halides is 2. The number of hydrogen-bond acceptors (Lipinski definition) is 1. The van der Waals surface area contributed by atoms with E-state index in [2.05, 4.69) is 0 Å². The Morgan fingerprint density at radius 1 is 1.50 bits per heavy atom. The number of rotatable bonds is 4. The maximum atomic E-state index is 5.42. The van der Waals surface area contributed by atoms with Crippen LogP contribution in [0.3, 0.4) is 0 Å². The van der Waals surface area contributed by atoms with Crippen LogP contribution in [-0.2, 0) is 4.65 Å². The molecule has 1 nitrogen and oxygen atoms in total. The molecule has 0 aliphatic heterocycles. The van der Waals surface area contributed by atoms with Crippen LogP contribution in [0.4, 0.5) is 0 Å². The molecule has 0 aromatic rings. The number of halogens is 2. The van der Waals surface area contributed by atoms with Crippen LogP contribution in [0, 0.1) is 0 Å². The highest BCUT2D eigenvalue weighted by Gasteiger charge is 1.95. The van der Waals surface area contributed by atoms with Crippen molar-refractivity contribution < 1.29 is 4.65 Å². The van der Waals surface area contributed by atoms with Gasteiger partial charge in [-0.3, -0.25) is 0 Å². The first-order valence-corrected chi connectivity index (χ1v) is 3.41. The first-order chi connectivity index (χ1) is 3.77. The molecule has 0 fully saturated rings. The van der Waals surface area contributed by atoms with E-state index in [1.54, 1.807) is 8.05 Å². The Kier molecular flexibility index (Phi) is 6.17. The van der Waals surface area contributed by atoms with Gasteiger partial charge in [0.05, 0.1) is 0 Å². The Hall–Kier alpha value is 0.605. The molecule has 0 heterocycles.